The van der Waals surface area contributed by atoms with Gasteiger partial charge in [0.15, 0.2) is 11.6 Å². The number of thiol groups is 1. The van der Waals surface area contributed by atoms with E-state index < -0.39 is 11.6 Å². The van der Waals surface area contributed by atoms with Gasteiger partial charge in [-0.15, -0.1) is 0 Å². The molecular weight excluding hydrogens is 286 g/mol. The normalized spacial score (nSPS) is 30.0. The van der Waals surface area contributed by atoms with Gasteiger partial charge in [0, 0.05) is 10.8 Å². The third-order valence-corrected chi connectivity index (χ3v) is 5.67. The first-order valence-corrected chi connectivity index (χ1v) is 8.48. The zero-order valence-electron chi connectivity index (χ0n) is 12.2. The van der Waals surface area contributed by atoms with Crippen LogP contribution >= 0.6 is 12.6 Å². The second-order valence-electron chi connectivity index (χ2n) is 6.43. The molecule has 0 saturated heterocycles. The van der Waals surface area contributed by atoms with Crippen molar-refractivity contribution in [1.82, 2.24) is 0 Å². The average molecular weight is 308 g/mol. The van der Waals surface area contributed by atoms with Crippen molar-refractivity contribution in [3.8, 4) is 0 Å². The maximum Gasteiger partial charge on any atom is 0.166 e. The minimum Gasteiger partial charge on any atom is -0.204 e. The molecule has 1 aromatic rings. The third-order valence-electron chi connectivity index (χ3n) is 5.16. The summed E-state index contributed by atoms with van der Waals surface area (Å²) in [5.74, 6) is 0.0650. The summed E-state index contributed by atoms with van der Waals surface area (Å²) in [6.45, 7) is 0. The van der Waals surface area contributed by atoms with Crippen LogP contribution in [0.15, 0.2) is 24.3 Å². The Morgan fingerprint density at radius 3 is 2.38 bits per heavy atom. The highest BCUT2D eigenvalue weighted by Gasteiger charge is 2.28. The van der Waals surface area contributed by atoms with Crippen molar-refractivity contribution in [2.24, 2.45) is 11.8 Å². The number of halogens is 2. The van der Waals surface area contributed by atoms with E-state index in [0.717, 1.165) is 30.8 Å². The van der Waals surface area contributed by atoms with Gasteiger partial charge in [0.2, 0.25) is 0 Å². The Balaban J connectivity index is 1.68. The Morgan fingerprint density at radius 1 is 0.952 bits per heavy atom. The van der Waals surface area contributed by atoms with Gasteiger partial charge in [0.1, 0.15) is 0 Å². The maximum atomic E-state index is 13.9. The van der Waals surface area contributed by atoms with Gasteiger partial charge < -0.3 is 0 Å². The van der Waals surface area contributed by atoms with Crippen LogP contribution in [0.2, 0.25) is 0 Å². The highest BCUT2D eigenvalue weighted by molar-refractivity contribution is 7.80. The van der Waals surface area contributed by atoms with Crippen LogP contribution < -0.4 is 0 Å². The van der Waals surface area contributed by atoms with Crippen LogP contribution in [0.4, 0.5) is 8.78 Å². The fourth-order valence-electron chi connectivity index (χ4n) is 3.85. The lowest BCUT2D eigenvalue weighted by atomic mass is 9.73. The topological polar surface area (TPSA) is 0 Å². The SMILES string of the molecule is Fc1cccc(C2=CCC(C3CCC(S)CC3)CC2)c1F. The summed E-state index contributed by atoms with van der Waals surface area (Å²) >= 11 is 4.56. The second-order valence-corrected chi connectivity index (χ2v) is 7.16. The number of allylic oxidation sites excluding steroid dienone is 2. The second kappa shape index (κ2) is 6.51. The van der Waals surface area contributed by atoms with Gasteiger partial charge in [0.25, 0.3) is 0 Å². The zero-order chi connectivity index (χ0) is 14.8. The number of benzene rings is 1. The molecule has 2 aliphatic rings. The smallest absolute Gasteiger partial charge is 0.166 e. The molecule has 0 heterocycles. The number of hydrogen-bond donors (Lipinski definition) is 1. The number of rotatable bonds is 2. The molecule has 1 atom stereocenters. The fraction of sp³-hybridized carbons (Fsp3) is 0.556. The molecule has 3 rings (SSSR count). The standard InChI is InChI=1S/C18H22F2S/c19-17-3-1-2-16(18(17)20)14-6-4-12(5-7-14)13-8-10-15(21)11-9-13/h1-3,6,12-13,15,21H,4-5,7-11H2. The fourth-order valence-corrected chi connectivity index (χ4v) is 4.15. The predicted octanol–water partition coefficient (Wildman–Crippen LogP) is 5.64. The van der Waals surface area contributed by atoms with Crippen LogP contribution in [0.5, 0.6) is 0 Å². The van der Waals surface area contributed by atoms with Crippen molar-refractivity contribution in [2.45, 2.75) is 50.2 Å². The maximum absolute atomic E-state index is 13.9. The van der Waals surface area contributed by atoms with E-state index in [1.54, 1.807) is 12.1 Å². The summed E-state index contributed by atoms with van der Waals surface area (Å²) in [5, 5.41) is 0.581. The van der Waals surface area contributed by atoms with Gasteiger partial charge in [0.05, 0.1) is 0 Å². The molecule has 2 aliphatic carbocycles. The van der Waals surface area contributed by atoms with Crippen molar-refractivity contribution in [1.29, 1.82) is 0 Å². The summed E-state index contributed by atoms with van der Waals surface area (Å²) in [7, 11) is 0. The van der Waals surface area contributed by atoms with Gasteiger partial charge in [-0.1, -0.05) is 18.2 Å². The summed E-state index contributed by atoms with van der Waals surface area (Å²) < 4.78 is 27.2. The molecule has 1 aromatic carbocycles. The van der Waals surface area contributed by atoms with Gasteiger partial charge in [-0.25, -0.2) is 8.78 Å². The largest absolute Gasteiger partial charge is 0.204 e. The Morgan fingerprint density at radius 2 is 1.71 bits per heavy atom. The molecule has 21 heavy (non-hydrogen) atoms. The van der Waals surface area contributed by atoms with Crippen LogP contribution in [0.25, 0.3) is 5.57 Å². The lowest BCUT2D eigenvalue weighted by Gasteiger charge is -2.34. The Bertz CT molecular complexity index is 530. The molecule has 1 saturated carbocycles. The highest BCUT2D eigenvalue weighted by atomic mass is 32.1. The van der Waals surface area contributed by atoms with Crippen molar-refractivity contribution in [3.05, 3.63) is 41.5 Å². The van der Waals surface area contributed by atoms with E-state index in [2.05, 4.69) is 18.7 Å². The molecule has 0 N–H and O–H groups in total. The van der Waals surface area contributed by atoms with E-state index in [-0.39, 0.29) is 0 Å². The Kier molecular flexibility index (Phi) is 4.68. The molecule has 114 valence electrons. The zero-order valence-corrected chi connectivity index (χ0v) is 13.1. The van der Waals surface area contributed by atoms with E-state index in [0.29, 0.717) is 16.7 Å². The minimum atomic E-state index is -0.748. The summed E-state index contributed by atoms with van der Waals surface area (Å²) in [6, 6.07) is 4.46. The highest BCUT2D eigenvalue weighted by Crippen LogP contribution is 2.41. The molecule has 0 aromatic heterocycles. The summed E-state index contributed by atoms with van der Waals surface area (Å²) in [5.41, 5.74) is 1.43. The number of hydrogen-bond acceptors (Lipinski definition) is 1. The molecule has 0 spiro atoms. The van der Waals surface area contributed by atoms with Crippen LogP contribution in [0, 0.1) is 23.5 Å². The third kappa shape index (κ3) is 3.33. The van der Waals surface area contributed by atoms with E-state index in [4.69, 9.17) is 0 Å². The van der Waals surface area contributed by atoms with Crippen LogP contribution in [-0.2, 0) is 0 Å². The van der Waals surface area contributed by atoms with E-state index in [1.165, 1.54) is 31.7 Å². The molecule has 0 radical (unpaired) electrons. The van der Waals surface area contributed by atoms with Gasteiger partial charge in [-0.2, -0.15) is 12.6 Å². The van der Waals surface area contributed by atoms with Crippen LogP contribution in [0.3, 0.4) is 0 Å². The molecule has 0 amide bonds. The Hall–Kier alpha value is -0.830. The summed E-state index contributed by atoms with van der Waals surface area (Å²) in [6.07, 6.45) is 10.1. The molecule has 1 fully saturated rings. The Labute approximate surface area is 131 Å². The molecular formula is C18H22F2S. The van der Waals surface area contributed by atoms with Gasteiger partial charge in [-0.05, 0) is 68.4 Å². The monoisotopic (exact) mass is 308 g/mol. The quantitative estimate of drug-likeness (QED) is 0.672. The van der Waals surface area contributed by atoms with Gasteiger partial charge in [-0.3, -0.25) is 0 Å². The predicted molar refractivity (Wildman–Crippen MR) is 86.4 cm³/mol. The molecule has 0 bridgehead atoms. The van der Waals surface area contributed by atoms with E-state index >= 15 is 0 Å². The average Bonchev–Trinajstić information content (AvgIpc) is 2.51. The van der Waals surface area contributed by atoms with Crippen LogP contribution in [-0.4, -0.2) is 5.25 Å². The van der Waals surface area contributed by atoms with Crippen molar-refractivity contribution in [2.75, 3.05) is 0 Å². The molecule has 0 aliphatic heterocycles. The lowest BCUT2D eigenvalue weighted by Crippen LogP contribution is -2.23. The summed E-state index contributed by atoms with van der Waals surface area (Å²) in [4.78, 5) is 0. The van der Waals surface area contributed by atoms with Crippen molar-refractivity contribution in [3.63, 3.8) is 0 Å². The first-order chi connectivity index (χ1) is 10.1. The molecule has 1 unspecified atom stereocenters. The lowest BCUT2D eigenvalue weighted by molar-refractivity contribution is 0.239. The molecule has 3 heteroatoms. The van der Waals surface area contributed by atoms with Crippen molar-refractivity contribution >= 4 is 18.2 Å². The van der Waals surface area contributed by atoms with E-state index in [9.17, 15) is 8.78 Å². The van der Waals surface area contributed by atoms with E-state index in [1.807, 2.05) is 0 Å². The molecule has 0 nitrogen and oxygen atoms in total. The minimum absolute atomic E-state index is 0.451. The first-order valence-electron chi connectivity index (χ1n) is 7.96. The first kappa shape index (κ1) is 15.1. The van der Waals surface area contributed by atoms with Crippen molar-refractivity contribution < 1.29 is 8.78 Å². The van der Waals surface area contributed by atoms with Crippen LogP contribution in [0.1, 0.15) is 50.5 Å². The van der Waals surface area contributed by atoms with Gasteiger partial charge >= 0.3 is 0 Å².